The number of hydrogen-bond acceptors (Lipinski definition) is 4. The van der Waals surface area contributed by atoms with Crippen molar-refractivity contribution in [3.63, 3.8) is 0 Å². The van der Waals surface area contributed by atoms with Crippen molar-refractivity contribution < 1.29 is 18.7 Å². The van der Waals surface area contributed by atoms with Crippen LogP contribution < -0.4 is 5.73 Å². The third-order valence-electron chi connectivity index (χ3n) is 5.30. The van der Waals surface area contributed by atoms with Crippen molar-refractivity contribution in [2.24, 2.45) is 11.7 Å². The van der Waals surface area contributed by atoms with Gasteiger partial charge in [-0.25, -0.2) is 4.39 Å². The third kappa shape index (κ3) is 5.40. The van der Waals surface area contributed by atoms with Crippen LogP contribution in [0.4, 0.5) is 4.39 Å². The topological polar surface area (TPSA) is 75.9 Å². The van der Waals surface area contributed by atoms with E-state index >= 15 is 0 Å². The van der Waals surface area contributed by atoms with Gasteiger partial charge in [0, 0.05) is 39.4 Å². The van der Waals surface area contributed by atoms with Crippen LogP contribution in [0.2, 0.25) is 0 Å². The maximum absolute atomic E-state index is 13.7. The van der Waals surface area contributed by atoms with Gasteiger partial charge in [0.05, 0.1) is 12.5 Å². The van der Waals surface area contributed by atoms with Gasteiger partial charge in [-0.15, -0.1) is 12.4 Å². The van der Waals surface area contributed by atoms with Gasteiger partial charge < -0.3 is 20.3 Å². The molecule has 2 aliphatic rings. The van der Waals surface area contributed by atoms with Crippen molar-refractivity contribution in [2.45, 2.75) is 25.3 Å². The monoisotopic (exact) mass is 399 g/mol. The number of benzene rings is 1. The molecule has 2 aliphatic heterocycles. The molecule has 27 heavy (non-hydrogen) atoms. The van der Waals surface area contributed by atoms with Gasteiger partial charge in [-0.05, 0) is 30.4 Å². The molecule has 1 aromatic rings. The van der Waals surface area contributed by atoms with Gasteiger partial charge in [-0.1, -0.05) is 18.2 Å². The van der Waals surface area contributed by atoms with E-state index in [0.717, 1.165) is 12.8 Å². The Kier molecular flexibility index (Phi) is 8.01. The first-order chi connectivity index (χ1) is 12.6. The average molecular weight is 400 g/mol. The number of carbonyl (C=O) groups excluding carboxylic acids is 2. The standard InChI is InChI=1S/C19H26FN3O3.ClH/c20-16-4-2-1-3-15(16)13-17(24)22-7-9-23(10-8-22)19(25)18(21)14-5-11-26-12-6-14;/h1-4,14,18H,5-13,21H2;1H. The lowest BCUT2D eigenvalue weighted by Crippen LogP contribution is -2.56. The van der Waals surface area contributed by atoms with E-state index < -0.39 is 6.04 Å². The molecule has 1 atom stereocenters. The highest BCUT2D eigenvalue weighted by Gasteiger charge is 2.32. The molecule has 2 saturated heterocycles. The molecule has 0 radical (unpaired) electrons. The molecule has 3 rings (SSSR count). The number of rotatable bonds is 4. The predicted molar refractivity (Wildman–Crippen MR) is 102 cm³/mol. The van der Waals surface area contributed by atoms with Crippen LogP contribution in [0.1, 0.15) is 18.4 Å². The molecule has 8 heteroatoms. The number of amides is 2. The number of ether oxygens (including phenoxy) is 1. The lowest BCUT2D eigenvalue weighted by molar-refractivity contribution is -0.141. The molecule has 6 nitrogen and oxygen atoms in total. The first-order valence-electron chi connectivity index (χ1n) is 9.19. The lowest BCUT2D eigenvalue weighted by atomic mass is 9.91. The van der Waals surface area contributed by atoms with Gasteiger partial charge in [0.1, 0.15) is 5.82 Å². The summed E-state index contributed by atoms with van der Waals surface area (Å²) in [7, 11) is 0. The Morgan fingerprint density at radius 2 is 1.70 bits per heavy atom. The average Bonchev–Trinajstić information content (AvgIpc) is 2.69. The van der Waals surface area contributed by atoms with E-state index in [1.54, 1.807) is 28.0 Å². The summed E-state index contributed by atoms with van der Waals surface area (Å²) in [4.78, 5) is 28.4. The Hall–Kier alpha value is -1.70. The van der Waals surface area contributed by atoms with E-state index in [1.165, 1.54) is 6.07 Å². The Morgan fingerprint density at radius 3 is 2.33 bits per heavy atom. The molecule has 1 unspecified atom stereocenters. The Bertz CT molecular complexity index is 647. The summed E-state index contributed by atoms with van der Waals surface area (Å²) in [5.41, 5.74) is 6.57. The zero-order chi connectivity index (χ0) is 18.5. The van der Waals surface area contributed by atoms with Gasteiger partial charge in [-0.3, -0.25) is 9.59 Å². The van der Waals surface area contributed by atoms with Crippen LogP contribution in [0.15, 0.2) is 24.3 Å². The molecule has 2 fully saturated rings. The molecule has 0 saturated carbocycles. The minimum Gasteiger partial charge on any atom is -0.381 e. The summed E-state index contributed by atoms with van der Waals surface area (Å²) in [5.74, 6) is -0.358. The highest BCUT2D eigenvalue weighted by molar-refractivity contribution is 5.85. The van der Waals surface area contributed by atoms with Crippen molar-refractivity contribution in [1.29, 1.82) is 0 Å². The molecule has 0 spiro atoms. The van der Waals surface area contributed by atoms with E-state index in [2.05, 4.69) is 0 Å². The lowest BCUT2D eigenvalue weighted by Gasteiger charge is -2.37. The smallest absolute Gasteiger partial charge is 0.239 e. The molecule has 150 valence electrons. The fourth-order valence-electron chi connectivity index (χ4n) is 3.58. The van der Waals surface area contributed by atoms with E-state index in [-0.39, 0.29) is 42.4 Å². The summed E-state index contributed by atoms with van der Waals surface area (Å²) < 4.78 is 19.0. The Balaban J connectivity index is 0.00000261. The molecule has 2 N–H and O–H groups in total. The van der Waals surface area contributed by atoms with Gasteiger partial charge in [-0.2, -0.15) is 0 Å². The molecule has 0 aliphatic carbocycles. The van der Waals surface area contributed by atoms with Crippen molar-refractivity contribution in [1.82, 2.24) is 9.80 Å². The first kappa shape index (κ1) is 21.6. The zero-order valence-electron chi connectivity index (χ0n) is 15.3. The van der Waals surface area contributed by atoms with Gasteiger partial charge in [0.15, 0.2) is 0 Å². The number of nitrogens with zero attached hydrogens (tertiary/aromatic N) is 2. The molecular weight excluding hydrogens is 373 g/mol. The normalized spacial score (nSPS) is 19.3. The van der Waals surface area contributed by atoms with Crippen molar-refractivity contribution in [3.8, 4) is 0 Å². The van der Waals surface area contributed by atoms with Crippen LogP contribution in [0.5, 0.6) is 0 Å². The van der Waals surface area contributed by atoms with Gasteiger partial charge in [0.2, 0.25) is 11.8 Å². The maximum atomic E-state index is 13.7. The van der Waals surface area contributed by atoms with Crippen LogP contribution in [0.25, 0.3) is 0 Å². The molecule has 1 aromatic carbocycles. The summed E-state index contributed by atoms with van der Waals surface area (Å²) in [5, 5.41) is 0. The van der Waals surface area contributed by atoms with Gasteiger partial charge >= 0.3 is 0 Å². The second kappa shape index (κ2) is 10.0. The van der Waals surface area contributed by atoms with E-state index in [0.29, 0.717) is 45.0 Å². The van der Waals surface area contributed by atoms with Crippen molar-refractivity contribution in [2.75, 3.05) is 39.4 Å². The van der Waals surface area contributed by atoms with Crippen LogP contribution in [0, 0.1) is 11.7 Å². The Labute approximate surface area is 165 Å². The number of carbonyl (C=O) groups is 2. The third-order valence-corrected chi connectivity index (χ3v) is 5.30. The first-order valence-corrected chi connectivity index (χ1v) is 9.19. The van der Waals surface area contributed by atoms with E-state index in [9.17, 15) is 14.0 Å². The number of piperazine rings is 1. The number of nitrogens with two attached hydrogens (primary N) is 1. The fraction of sp³-hybridized carbons (Fsp3) is 0.579. The van der Waals surface area contributed by atoms with Gasteiger partial charge in [0.25, 0.3) is 0 Å². The van der Waals surface area contributed by atoms with Crippen LogP contribution in [-0.2, 0) is 20.7 Å². The zero-order valence-corrected chi connectivity index (χ0v) is 16.1. The Morgan fingerprint density at radius 1 is 1.11 bits per heavy atom. The number of halogens is 2. The van der Waals surface area contributed by atoms with Crippen LogP contribution in [-0.4, -0.2) is 67.0 Å². The molecule has 0 bridgehead atoms. The largest absolute Gasteiger partial charge is 0.381 e. The summed E-state index contributed by atoms with van der Waals surface area (Å²) >= 11 is 0. The summed E-state index contributed by atoms with van der Waals surface area (Å²) in [6.45, 7) is 3.17. The van der Waals surface area contributed by atoms with Crippen LogP contribution >= 0.6 is 12.4 Å². The van der Waals surface area contributed by atoms with Crippen molar-refractivity contribution in [3.05, 3.63) is 35.6 Å². The molecular formula is C19H27ClFN3O3. The summed E-state index contributed by atoms with van der Waals surface area (Å²) in [6.07, 6.45) is 1.67. The van der Waals surface area contributed by atoms with E-state index in [4.69, 9.17) is 10.5 Å². The molecule has 2 amide bonds. The quantitative estimate of drug-likeness (QED) is 0.825. The molecule has 2 heterocycles. The van der Waals surface area contributed by atoms with E-state index in [1.807, 2.05) is 0 Å². The fourth-order valence-corrected chi connectivity index (χ4v) is 3.58. The van der Waals surface area contributed by atoms with Crippen LogP contribution in [0.3, 0.4) is 0 Å². The molecule has 0 aromatic heterocycles. The van der Waals surface area contributed by atoms with Crippen molar-refractivity contribution >= 4 is 24.2 Å². The SMILES string of the molecule is Cl.NC(C(=O)N1CCN(C(=O)Cc2ccccc2F)CC1)C1CCOCC1. The summed E-state index contributed by atoms with van der Waals surface area (Å²) in [6, 6.07) is 5.81. The number of hydrogen-bond donors (Lipinski definition) is 1. The predicted octanol–water partition coefficient (Wildman–Crippen LogP) is 1.21. The highest BCUT2D eigenvalue weighted by Crippen LogP contribution is 2.19. The second-order valence-electron chi connectivity index (χ2n) is 6.95. The highest BCUT2D eigenvalue weighted by atomic mass is 35.5. The minimum absolute atomic E-state index is 0. The minimum atomic E-state index is -0.500. The maximum Gasteiger partial charge on any atom is 0.239 e. The second-order valence-corrected chi connectivity index (χ2v) is 6.95.